The summed E-state index contributed by atoms with van der Waals surface area (Å²) in [7, 11) is 0. The molecular weight excluding hydrogens is 464 g/mol. The molecule has 32 heavy (non-hydrogen) atoms. The Labute approximate surface area is 197 Å². The monoisotopic (exact) mass is 488 g/mol. The third-order valence-corrected chi connectivity index (χ3v) is 5.81. The van der Waals surface area contributed by atoms with Crippen LogP contribution in [0.15, 0.2) is 70.7 Å². The fourth-order valence-electron chi connectivity index (χ4n) is 3.40. The van der Waals surface area contributed by atoms with Crippen molar-refractivity contribution in [3.8, 4) is 11.8 Å². The number of nitrogens with one attached hydrogen (secondary N) is 1. The van der Waals surface area contributed by atoms with Crippen LogP contribution in [-0.2, 0) is 11.2 Å². The number of carbonyl (C=O) groups is 1. The highest BCUT2D eigenvalue weighted by Gasteiger charge is 2.13. The zero-order chi connectivity index (χ0) is 23.1. The number of hydrogen-bond donors (Lipinski definition) is 1. The van der Waals surface area contributed by atoms with Gasteiger partial charge in [-0.25, -0.2) is 0 Å². The lowest BCUT2D eigenvalue weighted by Gasteiger charge is -2.13. The van der Waals surface area contributed by atoms with Gasteiger partial charge in [0.05, 0.1) is 6.61 Å². The van der Waals surface area contributed by atoms with E-state index in [1.807, 2.05) is 81.4 Å². The Bertz CT molecular complexity index is 1210. The molecule has 1 amide bonds. The lowest BCUT2D eigenvalue weighted by molar-refractivity contribution is -0.112. The normalized spacial score (nSPS) is 11.0. The fraction of sp³-hybridized carbons (Fsp3) is 0.185. The van der Waals surface area contributed by atoms with Gasteiger partial charge in [-0.2, -0.15) is 5.26 Å². The van der Waals surface area contributed by atoms with Crippen molar-refractivity contribution in [3.05, 3.63) is 98.5 Å². The van der Waals surface area contributed by atoms with E-state index >= 15 is 0 Å². The predicted octanol–water partition coefficient (Wildman–Crippen LogP) is 6.60. The van der Waals surface area contributed by atoms with Crippen LogP contribution >= 0.6 is 15.9 Å². The Morgan fingerprint density at radius 2 is 1.88 bits per heavy atom. The highest BCUT2D eigenvalue weighted by molar-refractivity contribution is 9.10. The Morgan fingerprint density at radius 1 is 1.09 bits per heavy atom. The minimum Gasteiger partial charge on any atom is -0.494 e. The number of nitriles is 1. The van der Waals surface area contributed by atoms with E-state index in [-0.39, 0.29) is 5.57 Å². The van der Waals surface area contributed by atoms with Gasteiger partial charge in [-0.15, -0.1) is 0 Å². The first-order valence-electron chi connectivity index (χ1n) is 10.4. The Balaban J connectivity index is 1.86. The maximum atomic E-state index is 12.7. The maximum absolute atomic E-state index is 12.7. The van der Waals surface area contributed by atoms with Gasteiger partial charge < -0.3 is 10.1 Å². The van der Waals surface area contributed by atoms with Crippen molar-refractivity contribution in [2.45, 2.75) is 27.2 Å². The van der Waals surface area contributed by atoms with Crippen LogP contribution < -0.4 is 10.1 Å². The van der Waals surface area contributed by atoms with Gasteiger partial charge >= 0.3 is 0 Å². The average molecular weight is 489 g/mol. The summed E-state index contributed by atoms with van der Waals surface area (Å²) >= 11 is 3.60. The molecule has 3 rings (SSSR count). The third-order valence-electron chi connectivity index (χ3n) is 5.04. The number of ether oxygens (including phenoxy) is 1. The molecule has 0 fully saturated rings. The molecule has 0 aliphatic rings. The molecule has 0 spiro atoms. The van der Waals surface area contributed by atoms with Gasteiger partial charge in [0.15, 0.2) is 0 Å². The second-order valence-corrected chi connectivity index (χ2v) is 8.37. The van der Waals surface area contributed by atoms with E-state index in [4.69, 9.17) is 4.74 Å². The number of nitrogens with zero attached hydrogens (tertiary/aromatic N) is 1. The van der Waals surface area contributed by atoms with Crippen LogP contribution in [0.1, 0.15) is 34.7 Å². The summed E-state index contributed by atoms with van der Waals surface area (Å²) in [4.78, 5) is 12.7. The molecule has 1 N–H and O–H groups in total. The molecule has 0 aliphatic heterocycles. The molecule has 162 valence electrons. The molecule has 0 aromatic heterocycles. The van der Waals surface area contributed by atoms with Crippen LogP contribution in [0.25, 0.3) is 6.08 Å². The largest absolute Gasteiger partial charge is 0.494 e. The highest BCUT2D eigenvalue weighted by Crippen LogP contribution is 2.28. The van der Waals surface area contributed by atoms with E-state index in [0.29, 0.717) is 18.7 Å². The van der Waals surface area contributed by atoms with Crippen LogP contribution in [0.2, 0.25) is 0 Å². The standard InChI is InChI=1S/C27H25BrN2O2/c1-4-32-26-15-20(10-11-22(26)16-21-7-5-6-8-24(21)28)14-23(17-29)27(31)30-25-12-9-18(2)13-19(25)3/h5-15H,4,16H2,1-3H3,(H,30,31)/b23-14+. The van der Waals surface area contributed by atoms with E-state index in [1.54, 1.807) is 6.08 Å². The molecule has 0 atom stereocenters. The first-order valence-corrected chi connectivity index (χ1v) is 11.2. The minimum absolute atomic E-state index is 0.0333. The second kappa shape index (κ2) is 10.8. The SMILES string of the molecule is CCOc1cc(/C=C(\C#N)C(=O)Nc2ccc(C)cc2C)ccc1Cc1ccccc1Br. The molecule has 3 aromatic rings. The Hall–Kier alpha value is -3.36. The van der Waals surface area contributed by atoms with Gasteiger partial charge in [0.25, 0.3) is 5.91 Å². The number of amides is 1. The molecule has 4 nitrogen and oxygen atoms in total. The summed E-state index contributed by atoms with van der Waals surface area (Å²) < 4.78 is 6.90. The number of hydrogen-bond acceptors (Lipinski definition) is 3. The number of rotatable bonds is 7. The summed E-state index contributed by atoms with van der Waals surface area (Å²) in [5, 5.41) is 12.4. The van der Waals surface area contributed by atoms with Gasteiger partial charge in [0, 0.05) is 16.6 Å². The first-order chi connectivity index (χ1) is 15.4. The minimum atomic E-state index is -0.435. The lowest BCUT2D eigenvalue weighted by Crippen LogP contribution is -2.14. The van der Waals surface area contributed by atoms with Gasteiger partial charge in [0.1, 0.15) is 17.4 Å². The van der Waals surface area contributed by atoms with Crippen molar-refractivity contribution in [3.63, 3.8) is 0 Å². The number of aryl methyl sites for hydroxylation is 2. The summed E-state index contributed by atoms with van der Waals surface area (Å²) in [5.41, 5.74) is 5.72. The Kier molecular flexibility index (Phi) is 7.86. The van der Waals surface area contributed by atoms with Gasteiger partial charge in [0.2, 0.25) is 0 Å². The average Bonchev–Trinajstić information content (AvgIpc) is 2.77. The van der Waals surface area contributed by atoms with E-state index in [0.717, 1.165) is 38.0 Å². The van der Waals surface area contributed by atoms with E-state index < -0.39 is 5.91 Å². The van der Waals surface area contributed by atoms with Crippen LogP contribution in [0.3, 0.4) is 0 Å². The quantitative estimate of drug-likeness (QED) is 0.300. The van der Waals surface area contributed by atoms with E-state index in [9.17, 15) is 10.1 Å². The number of benzene rings is 3. The Morgan fingerprint density at radius 3 is 2.56 bits per heavy atom. The van der Waals surface area contributed by atoms with Crippen molar-refractivity contribution in [2.24, 2.45) is 0 Å². The van der Waals surface area contributed by atoms with Crippen LogP contribution in [0.5, 0.6) is 5.75 Å². The molecule has 0 bridgehead atoms. The van der Waals surface area contributed by atoms with Crippen LogP contribution in [0.4, 0.5) is 5.69 Å². The van der Waals surface area contributed by atoms with E-state index in [2.05, 4.69) is 27.3 Å². The number of carbonyl (C=O) groups excluding carboxylic acids is 1. The molecular formula is C27H25BrN2O2. The fourth-order valence-corrected chi connectivity index (χ4v) is 3.83. The van der Waals surface area contributed by atoms with Crippen LogP contribution in [-0.4, -0.2) is 12.5 Å². The molecule has 0 radical (unpaired) electrons. The van der Waals surface area contributed by atoms with Crippen molar-refractivity contribution < 1.29 is 9.53 Å². The summed E-state index contributed by atoms with van der Waals surface area (Å²) in [6, 6.07) is 21.6. The third kappa shape index (κ3) is 5.87. The molecule has 3 aromatic carbocycles. The molecule has 0 unspecified atom stereocenters. The van der Waals surface area contributed by atoms with Gasteiger partial charge in [-0.3, -0.25) is 4.79 Å². The van der Waals surface area contributed by atoms with Gasteiger partial charge in [-0.05, 0) is 67.3 Å². The summed E-state index contributed by atoms with van der Waals surface area (Å²) in [6.07, 6.45) is 2.29. The van der Waals surface area contributed by atoms with Gasteiger partial charge in [-0.1, -0.05) is 64.0 Å². The van der Waals surface area contributed by atoms with Crippen molar-refractivity contribution in [1.29, 1.82) is 5.26 Å². The number of halogens is 1. The van der Waals surface area contributed by atoms with Crippen molar-refractivity contribution in [1.82, 2.24) is 0 Å². The summed E-state index contributed by atoms with van der Waals surface area (Å²) in [6.45, 7) is 6.38. The first kappa shape index (κ1) is 23.3. The molecule has 0 saturated carbocycles. The van der Waals surface area contributed by atoms with Crippen molar-refractivity contribution >= 4 is 33.6 Å². The summed E-state index contributed by atoms with van der Waals surface area (Å²) in [5.74, 6) is 0.304. The van der Waals surface area contributed by atoms with Crippen LogP contribution in [0, 0.1) is 25.2 Å². The highest BCUT2D eigenvalue weighted by atomic mass is 79.9. The number of anilines is 1. The molecule has 0 aliphatic carbocycles. The molecule has 5 heteroatoms. The lowest BCUT2D eigenvalue weighted by atomic mass is 10.0. The maximum Gasteiger partial charge on any atom is 0.266 e. The van der Waals surface area contributed by atoms with E-state index in [1.165, 1.54) is 0 Å². The van der Waals surface area contributed by atoms with Crippen molar-refractivity contribution in [2.75, 3.05) is 11.9 Å². The second-order valence-electron chi connectivity index (χ2n) is 7.51. The smallest absolute Gasteiger partial charge is 0.266 e. The molecule has 0 saturated heterocycles. The zero-order valence-corrected chi connectivity index (χ0v) is 20.0. The topological polar surface area (TPSA) is 62.1 Å². The zero-order valence-electron chi connectivity index (χ0n) is 18.4. The molecule has 0 heterocycles. The predicted molar refractivity (Wildman–Crippen MR) is 133 cm³/mol.